The smallest absolute Gasteiger partial charge is 0.407 e. The van der Waals surface area contributed by atoms with Crippen molar-refractivity contribution in [3.8, 4) is 0 Å². The zero-order valence-corrected chi connectivity index (χ0v) is 26.3. The molecule has 0 aromatic carbocycles. The molecule has 0 radical (unpaired) electrons. The number of likely N-dealkylation sites (N-methyl/N-ethyl adjacent to an activating group) is 1. The van der Waals surface area contributed by atoms with Crippen LogP contribution in [0.25, 0.3) is 0 Å². The van der Waals surface area contributed by atoms with Crippen molar-refractivity contribution in [2.45, 2.75) is 118 Å². The Labute approximate surface area is 240 Å². The van der Waals surface area contributed by atoms with Gasteiger partial charge >= 0.3 is 6.09 Å². The van der Waals surface area contributed by atoms with E-state index in [0.29, 0.717) is 23.9 Å². The molecule has 0 aromatic rings. The quantitative estimate of drug-likeness (QED) is 0.153. The van der Waals surface area contributed by atoms with Crippen LogP contribution >= 0.6 is 0 Å². The SMILES string of the molecule is CC[N+](C)(CCO)CCNC(=O)O[C@H]1CC[C@@]2(C)C(=CCC3C2CC[C@@]2(C)C3CC[C@@H]2CCCCC(C)C)C1. The van der Waals surface area contributed by atoms with Crippen LogP contribution in [0.1, 0.15) is 112 Å². The molecule has 0 heterocycles. The summed E-state index contributed by atoms with van der Waals surface area (Å²) < 4.78 is 6.70. The summed E-state index contributed by atoms with van der Waals surface area (Å²) in [6.07, 6.45) is 18.0. The van der Waals surface area contributed by atoms with Crippen LogP contribution in [0.4, 0.5) is 4.79 Å². The Morgan fingerprint density at radius 3 is 2.64 bits per heavy atom. The maximum atomic E-state index is 12.6. The molecule has 5 nitrogen and oxygen atoms in total. The van der Waals surface area contributed by atoms with Crippen LogP contribution < -0.4 is 5.32 Å². The molecule has 4 aliphatic carbocycles. The number of quaternary nitrogens is 1. The molecule has 0 spiro atoms. The second-order valence-electron chi connectivity index (χ2n) is 15.1. The minimum Gasteiger partial charge on any atom is -0.446 e. The maximum Gasteiger partial charge on any atom is 0.407 e. The number of rotatable bonds is 12. The van der Waals surface area contributed by atoms with E-state index >= 15 is 0 Å². The highest BCUT2D eigenvalue weighted by Crippen LogP contribution is 2.66. The molecule has 4 aliphatic rings. The molecule has 3 fully saturated rings. The lowest BCUT2D eigenvalue weighted by molar-refractivity contribution is -0.906. The van der Waals surface area contributed by atoms with Crippen molar-refractivity contribution in [2.24, 2.45) is 40.4 Å². The Balaban J connectivity index is 1.30. The van der Waals surface area contributed by atoms with Gasteiger partial charge in [0.1, 0.15) is 12.6 Å². The first-order chi connectivity index (χ1) is 18.5. The van der Waals surface area contributed by atoms with E-state index in [9.17, 15) is 9.90 Å². The van der Waals surface area contributed by atoms with Crippen LogP contribution in [0.15, 0.2) is 11.6 Å². The van der Waals surface area contributed by atoms with Gasteiger partial charge in [-0.3, -0.25) is 0 Å². The summed E-state index contributed by atoms with van der Waals surface area (Å²) in [7, 11) is 2.13. The number of carbonyl (C=O) groups is 1. The number of hydrogen-bond donors (Lipinski definition) is 2. The fourth-order valence-electron chi connectivity index (χ4n) is 9.54. The van der Waals surface area contributed by atoms with Crippen LogP contribution in [-0.4, -0.2) is 61.6 Å². The number of amides is 1. The number of alkyl carbamates (subject to hydrolysis) is 1. The van der Waals surface area contributed by atoms with Gasteiger partial charge in [0.2, 0.25) is 0 Å². The van der Waals surface area contributed by atoms with Crippen LogP contribution in [0, 0.1) is 40.4 Å². The van der Waals surface area contributed by atoms with Gasteiger partial charge in [0.15, 0.2) is 0 Å². The Morgan fingerprint density at radius 2 is 1.92 bits per heavy atom. The van der Waals surface area contributed by atoms with E-state index < -0.39 is 0 Å². The van der Waals surface area contributed by atoms with Gasteiger partial charge in [0.25, 0.3) is 0 Å². The van der Waals surface area contributed by atoms with Gasteiger partial charge < -0.3 is 19.6 Å². The molecular weight excluding hydrogens is 484 g/mol. The standard InChI is InChI=1S/C34H60N2O3/c1-7-36(6,22-23-37)21-20-35-32(38)39-28-16-18-34(5)27(24-28)12-14-29-30-15-13-26(11-9-8-10-25(2)3)33(30,4)19-17-31(29)34/h12,25-26,28-31,37H,7-11,13-24H2,1-6H3/p+1/t26-,28-,29?,30?,31?,33+,34-,36?/m0/s1. The van der Waals surface area contributed by atoms with Crippen LogP contribution in [0.3, 0.4) is 0 Å². The van der Waals surface area contributed by atoms with Gasteiger partial charge in [-0.1, -0.05) is 58.6 Å². The molecule has 0 saturated heterocycles. The Morgan fingerprint density at radius 1 is 1.13 bits per heavy atom. The van der Waals surface area contributed by atoms with Gasteiger partial charge in [-0.25, -0.2) is 4.79 Å². The predicted octanol–water partition coefficient (Wildman–Crippen LogP) is 7.34. The zero-order chi connectivity index (χ0) is 28.3. The van der Waals surface area contributed by atoms with Gasteiger partial charge in [-0.15, -0.1) is 0 Å². The number of nitrogens with one attached hydrogen (secondary N) is 1. The highest BCUT2D eigenvalue weighted by Gasteiger charge is 2.58. The number of nitrogens with zero attached hydrogens (tertiary/aromatic N) is 1. The zero-order valence-electron chi connectivity index (χ0n) is 26.3. The average Bonchev–Trinajstić information content (AvgIpc) is 3.23. The lowest BCUT2D eigenvalue weighted by Crippen LogP contribution is -2.51. The van der Waals surface area contributed by atoms with E-state index in [1.54, 1.807) is 5.57 Å². The molecule has 39 heavy (non-hydrogen) atoms. The van der Waals surface area contributed by atoms with E-state index in [1.165, 1.54) is 57.8 Å². The number of fused-ring (bicyclic) bond motifs is 5. The molecule has 224 valence electrons. The Kier molecular flexibility index (Phi) is 10.2. The van der Waals surface area contributed by atoms with Gasteiger partial charge in [0.05, 0.1) is 33.3 Å². The third-order valence-electron chi connectivity index (χ3n) is 12.4. The summed E-state index contributed by atoms with van der Waals surface area (Å²) in [5, 5.41) is 12.3. The summed E-state index contributed by atoms with van der Waals surface area (Å²) in [6.45, 7) is 15.3. The molecule has 3 saturated carbocycles. The first-order valence-electron chi connectivity index (χ1n) is 16.6. The number of aliphatic hydroxyl groups is 1. The predicted molar refractivity (Wildman–Crippen MR) is 160 cm³/mol. The molecule has 8 atom stereocenters. The van der Waals surface area contributed by atoms with Crippen molar-refractivity contribution in [1.29, 1.82) is 0 Å². The monoisotopic (exact) mass is 545 g/mol. The summed E-state index contributed by atoms with van der Waals surface area (Å²) in [5.74, 6) is 4.34. The Hall–Kier alpha value is -1.07. The number of unbranched alkanes of at least 4 members (excludes halogenated alkanes) is 1. The molecule has 5 heteroatoms. The van der Waals surface area contributed by atoms with Crippen LogP contribution in [-0.2, 0) is 4.74 Å². The van der Waals surface area contributed by atoms with Crippen molar-refractivity contribution in [3.63, 3.8) is 0 Å². The average molecular weight is 546 g/mol. The molecule has 1 amide bonds. The third kappa shape index (κ3) is 6.71. The largest absolute Gasteiger partial charge is 0.446 e. The van der Waals surface area contributed by atoms with E-state index in [2.05, 4.69) is 53.1 Å². The fourth-order valence-corrected chi connectivity index (χ4v) is 9.54. The summed E-state index contributed by atoms with van der Waals surface area (Å²) in [5.41, 5.74) is 2.43. The number of ether oxygens (including phenoxy) is 1. The molecule has 0 aliphatic heterocycles. The third-order valence-corrected chi connectivity index (χ3v) is 12.4. The summed E-state index contributed by atoms with van der Waals surface area (Å²) in [6, 6.07) is 0. The highest BCUT2D eigenvalue weighted by molar-refractivity contribution is 5.67. The van der Waals surface area contributed by atoms with E-state index in [-0.39, 0.29) is 18.8 Å². The molecular formula is C34H61N2O3+. The van der Waals surface area contributed by atoms with E-state index in [1.807, 2.05) is 0 Å². The highest BCUT2D eigenvalue weighted by atomic mass is 16.6. The number of allylic oxidation sites excluding steroid dienone is 1. The van der Waals surface area contributed by atoms with Crippen LogP contribution in [0.2, 0.25) is 0 Å². The van der Waals surface area contributed by atoms with Crippen molar-refractivity contribution in [1.82, 2.24) is 5.32 Å². The van der Waals surface area contributed by atoms with E-state index in [0.717, 1.165) is 66.4 Å². The number of carbonyl (C=O) groups excluding carboxylic acids is 1. The second-order valence-corrected chi connectivity index (χ2v) is 15.1. The topological polar surface area (TPSA) is 58.6 Å². The fraction of sp³-hybridized carbons (Fsp3) is 0.912. The van der Waals surface area contributed by atoms with Crippen molar-refractivity contribution in [3.05, 3.63) is 11.6 Å². The second kappa shape index (κ2) is 12.8. The van der Waals surface area contributed by atoms with Crippen molar-refractivity contribution in [2.75, 3.05) is 39.8 Å². The maximum absolute atomic E-state index is 12.6. The summed E-state index contributed by atoms with van der Waals surface area (Å²) in [4.78, 5) is 12.6. The van der Waals surface area contributed by atoms with Gasteiger partial charge in [-0.2, -0.15) is 0 Å². The van der Waals surface area contributed by atoms with Crippen LogP contribution in [0.5, 0.6) is 0 Å². The van der Waals surface area contributed by atoms with Crippen molar-refractivity contribution >= 4 is 6.09 Å². The minimum atomic E-state index is -0.275. The van der Waals surface area contributed by atoms with Gasteiger partial charge in [0, 0.05) is 6.42 Å². The molecule has 0 bridgehead atoms. The van der Waals surface area contributed by atoms with Crippen molar-refractivity contribution < 1.29 is 19.1 Å². The Bertz CT molecular complexity index is 857. The lowest BCUT2D eigenvalue weighted by atomic mass is 9.47. The molecule has 2 N–H and O–H groups in total. The molecule has 4 unspecified atom stereocenters. The number of aliphatic hydroxyl groups excluding tert-OH is 1. The summed E-state index contributed by atoms with van der Waals surface area (Å²) >= 11 is 0. The minimum absolute atomic E-state index is 0.000854. The molecule has 4 rings (SSSR count). The first-order valence-corrected chi connectivity index (χ1v) is 16.6. The van der Waals surface area contributed by atoms with Gasteiger partial charge in [-0.05, 0) is 98.7 Å². The first kappa shape index (κ1) is 30.9. The number of hydrogen-bond acceptors (Lipinski definition) is 3. The normalized spacial score (nSPS) is 37.3. The van der Waals surface area contributed by atoms with E-state index in [4.69, 9.17) is 4.74 Å². The molecule has 0 aromatic heterocycles. The lowest BCUT2D eigenvalue weighted by Gasteiger charge is -2.58.